The van der Waals surface area contributed by atoms with Crippen LogP contribution in [0.25, 0.3) is 0 Å². The summed E-state index contributed by atoms with van der Waals surface area (Å²) >= 11 is 0. The molecule has 0 spiro atoms. The van der Waals surface area contributed by atoms with E-state index < -0.39 is 43.9 Å². The minimum absolute atomic E-state index is 0.0509. The van der Waals surface area contributed by atoms with E-state index in [1.807, 2.05) is 97.1 Å². The van der Waals surface area contributed by atoms with E-state index in [9.17, 15) is 10.1 Å². The molecule has 1 N–H and O–H groups in total. The van der Waals surface area contributed by atoms with Crippen molar-refractivity contribution in [3.05, 3.63) is 167 Å². The molecule has 2 fully saturated rings. The molecule has 63 heavy (non-hydrogen) atoms. The number of nitriles is 1. The molecule has 1 saturated carbocycles. The van der Waals surface area contributed by atoms with E-state index in [1.165, 1.54) is 0 Å². The second kappa shape index (κ2) is 20.4. The van der Waals surface area contributed by atoms with Gasteiger partial charge in [0, 0.05) is 30.7 Å². The van der Waals surface area contributed by atoms with Gasteiger partial charge in [-0.2, -0.15) is 10.2 Å². The van der Waals surface area contributed by atoms with Crippen LogP contribution in [-0.4, -0.2) is 64.9 Å². The average Bonchev–Trinajstić information content (AvgIpc) is 3.81. The summed E-state index contributed by atoms with van der Waals surface area (Å²) < 4.78 is 43.9. The van der Waals surface area contributed by atoms with E-state index in [2.05, 4.69) is 67.4 Å². The van der Waals surface area contributed by atoms with Gasteiger partial charge in [0.05, 0.1) is 33.3 Å². The van der Waals surface area contributed by atoms with E-state index in [0.717, 1.165) is 22.3 Å². The number of anilines is 1. The Morgan fingerprint density at radius 1 is 0.921 bits per heavy atom. The molecule has 2 aliphatic rings. The van der Waals surface area contributed by atoms with Crippen LogP contribution in [0.15, 0.2) is 139 Å². The summed E-state index contributed by atoms with van der Waals surface area (Å²) in [6.45, 7) is 13.6. The number of aromatic nitrogens is 2. The highest BCUT2D eigenvalue weighted by molar-refractivity contribution is 7.44. The third-order valence-electron chi connectivity index (χ3n) is 11.9. The van der Waals surface area contributed by atoms with Gasteiger partial charge in [-0.15, -0.1) is 6.58 Å². The Kier molecular flexibility index (Phi) is 14.8. The first kappa shape index (κ1) is 45.6. The normalized spacial score (nSPS) is 20.4. The van der Waals surface area contributed by atoms with Crippen molar-refractivity contribution in [1.82, 2.24) is 14.2 Å². The number of ether oxygens (including phenoxy) is 4. The molecule has 13 heteroatoms. The van der Waals surface area contributed by atoms with Crippen LogP contribution < -0.4 is 20.5 Å². The van der Waals surface area contributed by atoms with Gasteiger partial charge in [-0.1, -0.05) is 91.0 Å². The molecule has 330 valence electrons. The summed E-state index contributed by atoms with van der Waals surface area (Å²) in [7, 11) is 1.55. The van der Waals surface area contributed by atoms with Crippen LogP contribution in [0.5, 0.6) is 11.5 Å². The molecule has 2 heterocycles. The summed E-state index contributed by atoms with van der Waals surface area (Å²) in [5.41, 5.74) is 0.781. The fourth-order valence-corrected chi connectivity index (χ4v) is 10.9. The van der Waals surface area contributed by atoms with Crippen LogP contribution in [-0.2, 0) is 30.7 Å². The van der Waals surface area contributed by atoms with Gasteiger partial charge in [0.2, 0.25) is 0 Å². The summed E-state index contributed by atoms with van der Waals surface area (Å²) in [4.78, 5) is 18.6. The highest BCUT2D eigenvalue weighted by atomic mass is 31.2. The number of benzene rings is 4. The average molecular weight is 872 g/mol. The van der Waals surface area contributed by atoms with Gasteiger partial charge < -0.3 is 33.3 Å². The lowest BCUT2D eigenvalue weighted by molar-refractivity contribution is -0.193. The van der Waals surface area contributed by atoms with Crippen LogP contribution in [0.2, 0.25) is 0 Å². The zero-order valence-corrected chi connectivity index (χ0v) is 37.8. The molecule has 4 aromatic carbocycles. The standard InChI is InChI=1S/C50H58N5O7P/c1-8-44(60-50(38-18-13-10-14-19-38,39-20-24-41(57-6)25-21-39)40-22-26-42(58-7)27-23-40)49-30-28-43(46(49)62-63(59-33-15-31-51)55(35(2)3)36(4)5)47(61-49)54-32-29-45(53-48(54)56)52-34-37-16-11-9-12-17-37/h8-14,16-27,29,32,35-36,43-44,46-47H,1,15,28,30,33-34H2,2-7H3,(H,52,53,56)/t43-,44-,46-,47?,49?,63?/m1/s1. The first-order chi connectivity index (χ1) is 30.6. The van der Waals surface area contributed by atoms with Crippen molar-refractivity contribution in [2.45, 2.75) is 95.2 Å². The number of nitrogens with one attached hydrogen (secondary N) is 1. The van der Waals surface area contributed by atoms with Gasteiger partial charge in [-0.25, -0.2) is 9.46 Å². The van der Waals surface area contributed by atoms with Crippen molar-refractivity contribution in [2.24, 2.45) is 5.92 Å². The summed E-state index contributed by atoms with van der Waals surface area (Å²) in [5, 5.41) is 12.8. The number of rotatable bonds is 21. The van der Waals surface area contributed by atoms with E-state index in [-0.39, 0.29) is 31.0 Å². The summed E-state index contributed by atoms with van der Waals surface area (Å²) in [6.07, 6.45) is 2.72. The van der Waals surface area contributed by atoms with Crippen molar-refractivity contribution >= 4 is 14.3 Å². The first-order valence-electron chi connectivity index (χ1n) is 21.5. The topological polar surface area (TPSA) is 129 Å². The van der Waals surface area contributed by atoms with Crippen molar-refractivity contribution in [3.8, 4) is 17.6 Å². The van der Waals surface area contributed by atoms with Gasteiger partial charge in [0.15, 0.2) is 0 Å². The molecule has 1 aromatic heterocycles. The predicted molar refractivity (Wildman–Crippen MR) is 245 cm³/mol. The molecule has 7 rings (SSSR count). The first-order valence-corrected chi connectivity index (χ1v) is 22.7. The molecule has 1 aliphatic carbocycles. The Morgan fingerprint density at radius 3 is 2.05 bits per heavy atom. The molecule has 2 bridgehead atoms. The monoisotopic (exact) mass is 871 g/mol. The van der Waals surface area contributed by atoms with E-state index in [1.54, 1.807) is 37.1 Å². The minimum atomic E-state index is -1.73. The van der Waals surface area contributed by atoms with Crippen LogP contribution in [0.3, 0.4) is 0 Å². The number of hydrogen-bond acceptors (Lipinski definition) is 11. The van der Waals surface area contributed by atoms with Gasteiger partial charge in [0.1, 0.15) is 47.0 Å². The van der Waals surface area contributed by atoms with Crippen LogP contribution in [0.1, 0.15) is 75.4 Å². The summed E-state index contributed by atoms with van der Waals surface area (Å²) in [5.74, 6) is 1.56. The van der Waals surface area contributed by atoms with Crippen LogP contribution in [0.4, 0.5) is 5.82 Å². The maximum atomic E-state index is 14.1. The second-order valence-electron chi connectivity index (χ2n) is 16.4. The Balaban J connectivity index is 1.36. The molecule has 1 saturated heterocycles. The van der Waals surface area contributed by atoms with Crippen LogP contribution >= 0.6 is 8.53 Å². The highest BCUT2D eigenvalue weighted by Crippen LogP contribution is 2.62. The molecule has 5 aromatic rings. The van der Waals surface area contributed by atoms with Crippen molar-refractivity contribution < 1.29 is 28.0 Å². The predicted octanol–water partition coefficient (Wildman–Crippen LogP) is 9.77. The van der Waals surface area contributed by atoms with E-state index in [4.69, 9.17) is 28.0 Å². The Morgan fingerprint density at radius 2 is 1.51 bits per heavy atom. The third kappa shape index (κ3) is 9.46. The molecule has 6 atom stereocenters. The molecule has 0 amide bonds. The largest absolute Gasteiger partial charge is 0.497 e. The number of hydrogen-bond donors (Lipinski definition) is 1. The maximum absolute atomic E-state index is 14.1. The number of nitrogens with zero attached hydrogens (tertiary/aromatic N) is 4. The molecule has 3 unspecified atom stereocenters. The molecular formula is C50H58N5O7P. The van der Waals surface area contributed by atoms with Crippen LogP contribution in [0, 0.1) is 17.2 Å². The van der Waals surface area contributed by atoms with Gasteiger partial charge in [0.25, 0.3) is 8.53 Å². The van der Waals surface area contributed by atoms with Crippen molar-refractivity contribution in [3.63, 3.8) is 0 Å². The zero-order valence-electron chi connectivity index (χ0n) is 36.9. The Bertz CT molecular complexity index is 2300. The quantitative estimate of drug-likeness (QED) is 0.0328. The lowest BCUT2D eigenvalue weighted by atomic mass is 9.79. The number of methoxy groups -OCH3 is 2. The maximum Gasteiger partial charge on any atom is 0.351 e. The minimum Gasteiger partial charge on any atom is -0.497 e. The second-order valence-corrected chi connectivity index (χ2v) is 17.8. The van der Waals surface area contributed by atoms with E-state index in [0.29, 0.717) is 36.7 Å². The highest BCUT2D eigenvalue weighted by Gasteiger charge is 2.66. The molecule has 0 radical (unpaired) electrons. The summed E-state index contributed by atoms with van der Waals surface area (Å²) in [6, 6.07) is 39.9. The smallest absolute Gasteiger partial charge is 0.351 e. The third-order valence-corrected chi connectivity index (χ3v) is 14.0. The van der Waals surface area contributed by atoms with Crippen molar-refractivity contribution in [2.75, 3.05) is 26.1 Å². The fourth-order valence-electron chi connectivity index (χ4n) is 9.03. The van der Waals surface area contributed by atoms with E-state index >= 15 is 0 Å². The Hall–Kier alpha value is -5.38. The SMILES string of the molecule is C=C[C@@H](OC(c1ccccc1)(c1ccc(OC)cc1)c1ccc(OC)cc1)C12CC[C@@H](C(n3ccc(NCc4ccccc4)nc3=O)O1)[C@H]2OP(OCCC#N)N(C(C)C)C(C)C. The van der Waals surface area contributed by atoms with Gasteiger partial charge in [-0.3, -0.25) is 4.57 Å². The van der Waals surface area contributed by atoms with Gasteiger partial charge >= 0.3 is 5.69 Å². The molecule has 12 nitrogen and oxygen atoms in total. The lowest BCUT2D eigenvalue weighted by Crippen LogP contribution is -2.53. The number of fused-ring (bicyclic) bond motifs is 2. The Labute approximate surface area is 372 Å². The fraction of sp³-hybridized carbons (Fsp3) is 0.380. The molecule has 1 aliphatic heterocycles. The lowest BCUT2D eigenvalue weighted by Gasteiger charge is -2.45. The van der Waals surface area contributed by atoms with Gasteiger partial charge in [-0.05, 0) is 93.1 Å². The zero-order chi connectivity index (χ0) is 44.6. The van der Waals surface area contributed by atoms with Crippen molar-refractivity contribution in [1.29, 1.82) is 5.26 Å². The molecular weight excluding hydrogens is 814 g/mol.